The Morgan fingerprint density at radius 2 is 0.667 bits per heavy atom. The van der Waals surface area contributed by atoms with Crippen LogP contribution in [0, 0.1) is 35.5 Å². The summed E-state index contributed by atoms with van der Waals surface area (Å²) in [5, 5.41) is 9.77. The van der Waals surface area contributed by atoms with Gasteiger partial charge < -0.3 is 16.0 Å². The molecule has 6 unspecified atom stereocenters. The smallest absolute Gasteiger partial charge is 0.251 e. The summed E-state index contributed by atoms with van der Waals surface area (Å²) in [7, 11) is 0. The molecule has 1 aromatic rings. The van der Waals surface area contributed by atoms with Crippen molar-refractivity contribution in [2.75, 3.05) is 0 Å². The number of carbonyl (C=O) groups is 3. The highest BCUT2D eigenvalue weighted by Gasteiger charge is 2.33. The average molecular weight is 538 g/mol. The van der Waals surface area contributed by atoms with Crippen molar-refractivity contribution >= 4 is 17.7 Å². The van der Waals surface area contributed by atoms with Crippen molar-refractivity contribution < 1.29 is 14.4 Å². The molecule has 0 bridgehead atoms. The number of hydrogen-bond acceptors (Lipinski definition) is 3. The van der Waals surface area contributed by atoms with E-state index in [0.717, 1.165) is 38.5 Å². The molecule has 0 aliphatic heterocycles. The molecule has 0 saturated heterocycles. The third-order valence-corrected chi connectivity index (χ3v) is 10.2. The van der Waals surface area contributed by atoms with E-state index in [4.69, 9.17) is 0 Å². The second-order valence-electron chi connectivity index (χ2n) is 13.5. The van der Waals surface area contributed by atoms with Gasteiger partial charge in [-0.05, 0) is 92.2 Å². The Bertz CT molecular complexity index is 868. The minimum Gasteiger partial charge on any atom is -0.349 e. The third kappa shape index (κ3) is 7.05. The zero-order valence-corrected chi connectivity index (χ0v) is 25.0. The maximum Gasteiger partial charge on any atom is 0.251 e. The Morgan fingerprint density at radius 1 is 0.462 bits per heavy atom. The maximum absolute atomic E-state index is 13.6. The van der Waals surface area contributed by atoms with Crippen LogP contribution in [0.25, 0.3) is 0 Å². The van der Waals surface area contributed by atoms with Crippen LogP contribution >= 0.6 is 0 Å². The van der Waals surface area contributed by atoms with Gasteiger partial charge >= 0.3 is 0 Å². The topological polar surface area (TPSA) is 87.3 Å². The SMILES string of the molecule is CC1CCCC(C)C1NC(=O)c1cc(C(=O)NC2C(C)CCCC2C)cc(C(=O)NC2C(C)CCCC2C)c1. The van der Waals surface area contributed by atoms with Crippen molar-refractivity contribution in [3.05, 3.63) is 34.9 Å². The van der Waals surface area contributed by atoms with E-state index in [1.807, 2.05) is 0 Å². The zero-order chi connectivity index (χ0) is 28.3. The Labute approximate surface area is 235 Å². The number of carbonyl (C=O) groups excluding carboxylic acids is 3. The highest BCUT2D eigenvalue weighted by molar-refractivity contribution is 6.04. The summed E-state index contributed by atoms with van der Waals surface area (Å²) in [4.78, 5) is 40.7. The first kappa shape index (κ1) is 29.6. The normalized spacial score (nSPS) is 35.1. The molecule has 0 aromatic heterocycles. The van der Waals surface area contributed by atoms with Crippen molar-refractivity contribution in [2.45, 2.75) is 117 Å². The summed E-state index contributed by atoms with van der Waals surface area (Å²) in [5.41, 5.74) is 1.15. The molecule has 3 saturated carbocycles. The Kier molecular flexibility index (Phi) is 9.77. The van der Waals surface area contributed by atoms with Gasteiger partial charge in [0, 0.05) is 34.8 Å². The molecule has 39 heavy (non-hydrogen) atoms. The molecule has 3 aliphatic carbocycles. The number of hydrogen-bond donors (Lipinski definition) is 3. The van der Waals surface area contributed by atoms with Crippen LogP contribution in [0.5, 0.6) is 0 Å². The molecule has 6 heteroatoms. The summed E-state index contributed by atoms with van der Waals surface area (Å²) in [6.07, 6.45) is 10.1. The molecule has 0 radical (unpaired) electrons. The van der Waals surface area contributed by atoms with Crippen molar-refractivity contribution in [3.63, 3.8) is 0 Å². The number of nitrogens with one attached hydrogen (secondary N) is 3. The zero-order valence-electron chi connectivity index (χ0n) is 25.0. The second kappa shape index (κ2) is 12.9. The minimum atomic E-state index is -0.205. The van der Waals surface area contributed by atoms with Gasteiger partial charge in [-0.3, -0.25) is 14.4 Å². The van der Waals surface area contributed by atoms with E-state index in [9.17, 15) is 14.4 Å². The first-order chi connectivity index (χ1) is 18.5. The molecule has 6 nitrogen and oxygen atoms in total. The van der Waals surface area contributed by atoms with E-state index in [-0.39, 0.29) is 35.8 Å². The molecule has 3 amide bonds. The molecule has 3 fully saturated rings. The lowest BCUT2D eigenvalue weighted by Crippen LogP contribution is -2.47. The van der Waals surface area contributed by atoms with Crippen LogP contribution in [0.4, 0.5) is 0 Å². The van der Waals surface area contributed by atoms with Gasteiger partial charge in [0.1, 0.15) is 0 Å². The monoisotopic (exact) mass is 537 g/mol. The molecule has 3 aliphatic rings. The average Bonchev–Trinajstić information content (AvgIpc) is 2.90. The summed E-state index contributed by atoms with van der Waals surface area (Å²) in [5.74, 6) is 1.78. The fourth-order valence-electron chi connectivity index (χ4n) is 7.62. The van der Waals surface area contributed by atoms with Crippen molar-refractivity contribution in [1.29, 1.82) is 0 Å². The van der Waals surface area contributed by atoms with Crippen LogP contribution in [-0.4, -0.2) is 35.8 Å². The van der Waals surface area contributed by atoms with Crippen LogP contribution in [0.1, 0.15) is 130 Å². The molecule has 3 N–H and O–H groups in total. The van der Waals surface area contributed by atoms with Gasteiger partial charge in [-0.25, -0.2) is 0 Å². The lowest BCUT2D eigenvalue weighted by atomic mass is 9.78. The van der Waals surface area contributed by atoms with Gasteiger partial charge in [-0.2, -0.15) is 0 Å². The number of amides is 3. The molecular weight excluding hydrogens is 486 g/mol. The largest absolute Gasteiger partial charge is 0.349 e. The minimum absolute atomic E-state index is 0.0916. The molecule has 4 rings (SSSR count). The van der Waals surface area contributed by atoms with E-state index >= 15 is 0 Å². The fraction of sp³-hybridized carbons (Fsp3) is 0.727. The van der Waals surface area contributed by atoms with Crippen molar-refractivity contribution in [1.82, 2.24) is 16.0 Å². The summed E-state index contributed by atoms with van der Waals surface area (Å²) < 4.78 is 0. The molecule has 0 spiro atoms. The molecule has 216 valence electrons. The standard InChI is InChI=1S/C33H51N3O3/c1-19-10-7-11-20(2)28(19)34-31(37)25-16-26(32(38)35-29-21(3)12-8-13-22(29)4)18-27(17-25)33(39)36-30-23(5)14-9-15-24(30)6/h16-24,28-30H,7-15H2,1-6H3,(H,34,37)(H,35,38)(H,36,39). The number of rotatable bonds is 6. The van der Waals surface area contributed by atoms with Gasteiger partial charge in [-0.1, -0.05) is 60.8 Å². The maximum atomic E-state index is 13.6. The Morgan fingerprint density at radius 3 is 0.872 bits per heavy atom. The van der Waals surface area contributed by atoms with Crippen molar-refractivity contribution in [2.24, 2.45) is 35.5 Å². The van der Waals surface area contributed by atoms with Crippen LogP contribution in [-0.2, 0) is 0 Å². The van der Waals surface area contributed by atoms with E-state index in [1.54, 1.807) is 18.2 Å². The van der Waals surface area contributed by atoms with Crippen LogP contribution in [0.2, 0.25) is 0 Å². The van der Waals surface area contributed by atoms with E-state index in [0.29, 0.717) is 52.2 Å². The van der Waals surface area contributed by atoms with E-state index in [1.165, 1.54) is 19.3 Å². The predicted molar refractivity (Wildman–Crippen MR) is 157 cm³/mol. The molecule has 1 aromatic carbocycles. The molecular formula is C33H51N3O3. The van der Waals surface area contributed by atoms with Gasteiger partial charge in [0.05, 0.1) is 0 Å². The molecule has 6 atom stereocenters. The first-order valence-electron chi connectivity index (χ1n) is 15.6. The van der Waals surface area contributed by atoms with Gasteiger partial charge in [0.25, 0.3) is 17.7 Å². The second-order valence-corrected chi connectivity index (χ2v) is 13.5. The van der Waals surface area contributed by atoms with Gasteiger partial charge in [-0.15, -0.1) is 0 Å². The van der Waals surface area contributed by atoms with E-state index in [2.05, 4.69) is 57.5 Å². The Balaban J connectivity index is 1.61. The van der Waals surface area contributed by atoms with Crippen LogP contribution in [0.3, 0.4) is 0 Å². The first-order valence-corrected chi connectivity index (χ1v) is 15.6. The lowest BCUT2D eigenvalue weighted by molar-refractivity contribution is 0.0879. The summed E-state index contributed by atoms with van der Waals surface area (Å²) >= 11 is 0. The Hall–Kier alpha value is -2.37. The van der Waals surface area contributed by atoms with Crippen LogP contribution < -0.4 is 16.0 Å². The highest BCUT2D eigenvalue weighted by atomic mass is 16.2. The third-order valence-electron chi connectivity index (χ3n) is 10.2. The summed E-state index contributed by atoms with van der Waals surface area (Å²) in [6.45, 7) is 13.2. The molecule has 0 heterocycles. The highest BCUT2D eigenvalue weighted by Crippen LogP contribution is 2.31. The summed E-state index contributed by atoms with van der Waals surface area (Å²) in [6, 6.07) is 5.29. The fourth-order valence-corrected chi connectivity index (χ4v) is 7.62. The van der Waals surface area contributed by atoms with Gasteiger partial charge in [0.2, 0.25) is 0 Å². The number of benzene rings is 1. The lowest BCUT2D eigenvalue weighted by Gasteiger charge is -2.36. The van der Waals surface area contributed by atoms with Crippen molar-refractivity contribution in [3.8, 4) is 0 Å². The van der Waals surface area contributed by atoms with E-state index < -0.39 is 0 Å². The predicted octanol–water partition coefficient (Wildman–Crippen LogP) is 6.35. The van der Waals surface area contributed by atoms with Gasteiger partial charge in [0.15, 0.2) is 0 Å². The quantitative estimate of drug-likeness (QED) is 0.395. The van der Waals surface area contributed by atoms with Crippen LogP contribution in [0.15, 0.2) is 18.2 Å².